The number of ketones is 1. The average molecular weight is 811 g/mol. The third kappa shape index (κ3) is 11.8. The maximum atomic E-state index is 14.5. The highest BCUT2D eigenvalue weighted by Crippen LogP contribution is 2.50. The summed E-state index contributed by atoms with van der Waals surface area (Å²) < 4.78 is 4.96. The van der Waals surface area contributed by atoms with Gasteiger partial charge in [0.25, 0.3) is 5.91 Å². The molecule has 3 fully saturated rings. The Morgan fingerprint density at radius 2 is 1.73 bits per heavy atom. The molecule has 4 atom stereocenters. The zero-order valence-electron chi connectivity index (χ0n) is 32.3. The van der Waals surface area contributed by atoms with E-state index in [-0.39, 0.29) is 25.5 Å². The van der Waals surface area contributed by atoms with Gasteiger partial charge in [-0.3, -0.25) is 29.1 Å². The van der Waals surface area contributed by atoms with Gasteiger partial charge in [0.15, 0.2) is 5.82 Å². The number of carbonyl (C=O) groups is 6. The van der Waals surface area contributed by atoms with Crippen LogP contribution in [0.15, 0.2) is 48.3 Å². The average Bonchev–Trinajstić information content (AvgIpc) is 3.87. The fraction of sp³-hybridized carbons (Fsp3) is 0.590. The first kappa shape index (κ1) is 42.8. The zero-order valence-corrected chi connectivity index (χ0v) is 34.0. The van der Waals surface area contributed by atoms with Crippen molar-refractivity contribution in [2.24, 2.45) is 5.92 Å². The summed E-state index contributed by atoms with van der Waals surface area (Å²) in [4.78, 5) is 87.1. The summed E-state index contributed by atoms with van der Waals surface area (Å²) in [5, 5.41) is 17.4. The normalized spacial score (nSPS) is 19.4. The van der Waals surface area contributed by atoms with Crippen LogP contribution in [0, 0.1) is 5.92 Å². The minimum absolute atomic E-state index is 0.105. The van der Waals surface area contributed by atoms with E-state index in [1.54, 1.807) is 23.5 Å². The maximum absolute atomic E-state index is 14.5. The van der Waals surface area contributed by atoms with Crippen LogP contribution in [0.5, 0.6) is 0 Å². The fourth-order valence-electron chi connectivity index (χ4n) is 7.06. The number of aromatic amines is 1. The van der Waals surface area contributed by atoms with E-state index in [0.29, 0.717) is 18.7 Å². The molecule has 0 bridgehead atoms. The number of allylic oxidation sites excluding steroid dienone is 1. The Kier molecular flexibility index (Phi) is 15.8. The molecule has 17 heteroatoms. The van der Waals surface area contributed by atoms with Crippen molar-refractivity contribution in [1.82, 2.24) is 41.3 Å². The monoisotopic (exact) mass is 810 g/mol. The van der Waals surface area contributed by atoms with E-state index < -0.39 is 70.3 Å². The van der Waals surface area contributed by atoms with Gasteiger partial charge in [0, 0.05) is 13.0 Å². The zero-order chi connectivity index (χ0) is 40.1. The molecule has 1 saturated carbocycles. The van der Waals surface area contributed by atoms with Crippen molar-refractivity contribution < 1.29 is 33.5 Å². The van der Waals surface area contributed by atoms with Crippen LogP contribution in [0.3, 0.4) is 0 Å². The van der Waals surface area contributed by atoms with Crippen LogP contribution in [-0.2, 0) is 28.7 Å². The standard InChI is InChI=1S/C39H54N8O7S2/c1-4-12-28(33(49)36(51)40-21-31(48)45-32(34-41-24-42-46-34)27-15-9-6-10-16-27)43-35(50)30-20-39(55-17-11-18-56-39)23-47(30)37(52)29(19-26-13-7-5-8-14-26)44-38(53)54-22-25(2)3/h6,9-10,15-16,19,24-25,28-30,32H,4-5,7-8,11-14,17-18,20-23H2,1-3H3,(H,40,51)(H,43,50)(H,44,53)(H,45,48)(H,41,42,46)/t28?,29?,30-,32?/m0/s1. The van der Waals surface area contributed by atoms with E-state index >= 15 is 0 Å². The summed E-state index contributed by atoms with van der Waals surface area (Å²) in [6.45, 7) is 5.64. The Morgan fingerprint density at radius 1 is 1.00 bits per heavy atom. The van der Waals surface area contributed by atoms with E-state index in [2.05, 4.69) is 36.4 Å². The summed E-state index contributed by atoms with van der Waals surface area (Å²) >= 11 is 3.45. The van der Waals surface area contributed by atoms with E-state index in [1.165, 1.54) is 11.2 Å². The molecule has 2 saturated heterocycles. The van der Waals surface area contributed by atoms with Crippen LogP contribution in [-0.4, -0.2) is 109 Å². The maximum Gasteiger partial charge on any atom is 0.408 e. The topological polar surface area (TPSA) is 205 Å². The lowest BCUT2D eigenvalue weighted by Gasteiger charge is -2.32. The molecule has 3 heterocycles. The Bertz CT molecular complexity index is 1690. The van der Waals surface area contributed by atoms with Crippen molar-refractivity contribution in [3.8, 4) is 0 Å². The lowest BCUT2D eigenvalue weighted by molar-refractivity contribution is -0.142. The number of nitrogens with one attached hydrogen (secondary N) is 5. The third-order valence-corrected chi connectivity index (χ3v) is 13.2. The summed E-state index contributed by atoms with van der Waals surface area (Å²) in [6.07, 6.45) is 9.17. The molecule has 5 rings (SSSR count). The number of likely N-dealkylation sites (tertiary alicyclic amines) is 1. The van der Waals surface area contributed by atoms with E-state index in [0.717, 1.165) is 61.2 Å². The molecule has 1 aromatic heterocycles. The molecule has 2 aliphatic heterocycles. The van der Waals surface area contributed by atoms with Crippen molar-refractivity contribution in [1.29, 1.82) is 0 Å². The number of nitrogens with zero attached hydrogens (tertiary/aromatic N) is 3. The van der Waals surface area contributed by atoms with Crippen LogP contribution < -0.4 is 21.3 Å². The van der Waals surface area contributed by atoms with Gasteiger partial charge in [-0.15, -0.1) is 23.5 Å². The Balaban J connectivity index is 1.28. The van der Waals surface area contributed by atoms with Crippen LogP contribution in [0.1, 0.15) is 96.0 Å². The second-order valence-corrected chi connectivity index (χ2v) is 18.0. The number of benzene rings is 1. The molecule has 0 radical (unpaired) electrons. The molecule has 3 aliphatic rings. The molecule has 2 aromatic rings. The molecule has 56 heavy (non-hydrogen) atoms. The first-order valence-electron chi connectivity index (χ1n) is 19.5. The van der Waals surface area contributed by atoms with Gasteiger partial charge in [-0.05, 0) is 61.5 Å². The van der Waals surface area contributed by atoms with Crippen molar-refractivity contribution in [3.63, 3.8) is 0 Å². The molecule has 1 spiro atoms. The molecule has 15 nitrogen and oxygen atoms in total. The van der Waals surface area contributed by atoms with Crippen molar-refractivity contribution in [2.75, 3.05) is 31.2 Å². The number of H-pyrrole nitrogens is 1. The second-order valence-electron chi connectivity index (χ2n) is 14.8. The Morgan fingerprint density at radius 3 is 2.39 bits per heavy atom. The highest BCUT2D eigenvalue weighted by atomic mass is 32.2. The number of alkyl carbamates (subject to hydrolysis) is 1. The van der Waals surface area contributed by atoms with Crippen LogP contribution in [0.2, 0.25) is 0 Å². The molecule has 1 aromatic carbocycles. The van der Waals surface area contributed by atoms with Crippen molar-refractivity contribution in [3.05, 3.63) is 59.7 Å². The number of thioether (sulfide) groups is 2. The van der Waals surface area contributed by atoms with Crippen LogP contribution in [0.25, 0.3) is 0 Å². The van der Waals surface area contributed by atoms with Crippen molar-refractivity contribution >= 4 is 59.0 Å². The van der Waals surface area contributed by atoms with Crippen LogP contribution in [0.4, 0.5) is 4.79 Å². The van der Waals surface area contributed by atoms with Gasteiger partial charge in [-0.2, -0.15) is 5.10 Å². The number of rotatable bonds is 16. The highest BCUT2D eigenvalue weighted by molar-refractivity contribution is 8.18. The summed E-state index contributed by atoms with van der Waals surface area (Å²) in [7, 11) is 0. The van der Waals surface area contributed by atoms with E-state index in [9.17, 15) is 28.8 Å². The second kappa shape index (κ2) is 20.7. The minimum atomic E-state index is -1.19. The summed E-state index contributed by atoms with van der Waals surface area (Å²) in [5.41, 5.74) is 1.81. The number of Topliss-reactive ketones (excluding diaryl/α,β-unsaturated/α-hetero) is 1. The van der Waals surface area contributed by atoms with E-state index in [1.807, 2.05) is 57.2 Å². The molecular formula is C39H54N8O7S2. The molecule has 1 aliphatic carbocycles. The molecular weight excluding hydrogens is 757 g/mol. The first-order valence-corrected chi connectivity index (χ1v) is 21.5. The SMILES string of the molecule is CCCC(NC(=O)[C@@H]1CC2(CN1C(=O)C(C=C1CCCCC1)NC(=O)OCC(C)C)SCCCS2)C(=O)C(=O)NCC(=O)NC(c1ccccc1)c1ncn[nH]1. The van der Waals surface area contributed by atoms with Gasteiger partial charge in [-0.1, -0.05) is 75.6 Å². The Hall–Kier alpha value is -4.38. The highest BCUT2D eigenvalue weighted by Gasteiger charge is 2.51. The predicted octanol–water partition coefficient (Wildman–Crippen LogP) is 3.79. The number of hydrogen-bond acceptors (Lipinski definition) is 11. The molecule has 5 amide bonds. The van der Waals surface area contributed by atoms with E-state index in [4.69, 9.17) is 4.74 Å². The quantitative estimate of drug-likeness (QED) is 0.122. The van der Waals surface area contributed by atoms with Gasteiger partial charge in [-0.25, -0.2) is 9.78 Å². The first-order chi connectivity index (χ1) is 27.0. The van der Waals surface area contributed by atoms with Gasteiger partial charge < -0.3 is 30.9 Å². The summed E-state index contributed by atoms with van der Waals surface area (Å²) in [6, 6.07) is 5.24. The van der Waals surface area contributed by atoms with Gasteiger partial charge >= 0.3 is 6.09 Å². The fourth-order valence-corrected chi connectivity index (χ4v) is 10.4. The lowest BCUT2D eigenvalue weighted by Crippen LogP contribution is -2.56. The predicted molar refractivity (Wildman–Crippen MR) is 214 cm³/mol. The molecule has 304 valence electrons. The number of amides is 5. The molecule has 5 N–H and O–H groups in total. The number of hydrogen-bond donors (Lipinski definition) is 5. The Labute approximate surface area is 336 Å². The van der Waals surface area contributed by atoms with Gasteiger partial charge in [0.1, 0.15) is 24.5 Å². The molecule has 3 unspecified atom stereocenters. The summed E-state index contributed by atoms with van der Waals surface area (Å²) in [5.74, 6) is -1.21. The lowest BCUT2D eigenvalue weighted by atomic mass is 9.93. The number of ether oxygens (including phenoxy) is 1. The minimum Gasteiger partial charge on any atom is -0.449 e. The van der Waals surface area contributed by atoms with Crippen molar-refractivity contribution in [2.45, 2.75) is 107 Å². The van der Waals surface area contributed by atoms with Gasteiger partial charge in [0.05, 0.1) is 23.3 Å². The number of carbonyl (C=O) groups excluding carboxylic acids is 6. The largest absolute Gasteiger partial charge is 0.449 e. The smallest absolute Gasteiger partial charge is 0.408 e. The van der Waals surface area contributed by atoms with Crippen LogP contribution >= 0.6 is 23.5 Å². The third-order valence-electron chi connectivity index (χ3n) is 9.87. The number of aromatic nitrogens is 3. The van der Waals surface area contributed by atoms with Gasteiger partial charge in [0.2, 0.25) is 23.5 Å².